The smallest absolute Gasteiger partial charge is 0.310 e. The molecule has 14 heteroatoms. The first-order valence-corrected chi connectivity index (χ1v) is 13.0. The maximum absolute atomic E-state index is 13.7. The van der Waals surface area contributed by atoms with Crippen LogP contribution in [0.5, 0.6) is 5.75 Å². The van der Waals surface area contributed by atoms with Crippen LogP contribution in [0.25, 0.3) is 0 Å². The van der Waals surface area contributed by atoms with Gasteiger partial charge in [0.2, 0.25) is 18.1 Å². The highest BCUT2D eigenvalue weighted by Crippen LogP contribution is 2.34. The van der Waals surface area contributed by atoms with Crippen molar-refractivity contribution in [3.05, 3.63) is 27.7 Å². The fourth-order valence-corrected chi connectivity index (χ4v) is 5.42. The van der Waals surface area contributed by atoms with E-state index in [1.54, 1.807) is 6.92 Å². The zero-order chi connectivity index (χ0) is 27.6. The van der Waals surface area contributed by atoms with Crippen LogP contribution in [-0.2, 0) is 28.7 Å². The largest absolute Gasteiger partial charge is 0.494 e. The Morgan fingerprint density at radius 2 is 1.84 bits per heavy atom. The van der Waals surface area contributed by atoms with Gasteiger partial charge in [0, 0.05) is 25.1 Å². The van der Waals surface area contributed by atoms with Crippen molar-refractivity contribution in [1.82, 2.24) is 20.7 Å². The summed E-state index contributed by atoms with van der Waals surface area (Å²) < 4.78 is 15.6. The van der Waals surface area contributed by atoms with Gasteiger partial charge in [0.15, 0.2) is 5.75 Å². The molecule has 4 atom stereocenters. The van der Waals surface area contributed by atoms with Crippen molar-refractivity contribution in [2.45, 2.75) is 63.4 Å². The number of hydrogen-bond acceptors (Lipinski definition) is 8. The minimum absolute atomic E-state index is 0.0109. The number of rotatable bonds is 7. The summed E-state index contributed by atoms with van der Waals surface area (Å²) in [6.45, 7) is 2.26. The van der Waals surface area contributed by atoms with Crippen LogP contribution >= 0.6 is 23.2 Å². The molecule has 1 unspecified atom stereocenters. The average molecular weight is 571 g/mol. The molecule has 4 amide bonds. The lowest BCUT2D eigenvalue weighted by molar-refractivity contribution is -0.177. The van der Waals surface area contributed by atoms with Gasteiger partial charge in [-0.15, -0.1) is 0 Å². The third-order valence-corrected chi connectivity index (χ3v) is 7.12. The number of methoxy groups -OCH3 is 1. The number of fused-ring (bicyclic) bond motifs is 1. The molecule has 0 aromatic heterocycles. The molecular formula is C24H28Cl2N4O8. The number of hydrazine groups is 1. The van der Waals surface area contributed by atoms with Crippen LogP contribution in [0.1, 0.15) is 49.4 Å². The fourth-order valence-electron chi connectivity index (χ4n) is 4.78. The fraction of sp³-hybridized carbons (Fsp3) is 0.542. The summed E-state index contributed by atoms with van der Waals surface area (Å²) >= 11 is 12.3. The van der Waals surface area contributed by atoms with Crippen LogP contribution in [-0.4, -0.2) is 84.3 Å². The monoisotopic (exact) mass is 570 g/mol. The van der Waals surface area contributed by atoms with E-state index in [9.17, 15) is 24.0 Å². The average Bonchev–Trinajstić information content (AvgIpc) is 3.17. The summed E-state index contributed by atoms with van der Waals surface area (Å²) in [4.78, 5) is 64.7. The van der Waals surface area contributed by atoms with E-state index in [4.69, 9.17) is 37.4 Å². The number of amides is 4. The van der Waals surface area contributed by atoms with Gasteiger partial charge in [-0.05, 0) is 38.3 Å². The predicted octanol–water partition coefficient (Wildman–Crippen LogP) is 1.42. The Hall–Kier alpha value is -3.09. The molecule has 4 rings (SSSR count). The molecule has 0 saturated carbocycles. The number of halogens is 2. The molecule has 38 heavy (non-hydrogen) atoms. The quantitative estimate of drug-likeness (QED) is 0.468. The molecule has 3 fully saturated rings. The topological polar surface area (TPSA) is 144 Å². The second-order valence-corrected chi connectivity index (χ2v) is 9.84. The van der Waals surface area contributed by atoms with Gasteiger partial charge in [-0.1, -0.05) is 23.2 Å². The van der Waals surface area contributed by atoms with Gasteiger partial charge in [-0.3, -0.25) is 29.0 Å². The normalized spacial score (nSPS) is 25.4. The molecule has 206 valence electrons. The Morgan fingerprint density at radius 1 is 1.13 bits per heavy atom. The highest BCUT2D eigenvalue weighted by atomic mass is 35.5. The van der Waals surface area contributed by atoms with Crippen LogP contribution in [0.2, 0.25) is 10.0 Å². The van der Waals surface area contributed by atoms with E-state index < -0.39 is 48.1 Å². The van der Waals surface area contributed by atoms with Crippen molar-refractivity contribution in [2.75, 3.05) is 20.3 Å². The van der Waals surface area contributed by atoms with E-state index in [0.717, 1.165) is 5.01 Å². The second-order valence-electron chi connectivity index (χ2n) is 9.03. The molecule has 0 radical (unpaired) electrons. The van der Waals surface area contributed by atoms with Crippen molar-refractivity contribution in [2.24, 2.45) is 0 Å². The zero-order valence-electron chi connectivity index (χ0n) is 20.8. The van der Waals surface area contributed by atoms with Gasteiger partial charge in [0.05, 0.1) is 23.6 Å². The summed E-state index contributed by atoms with van der Waals surface area (Å²) in [6, 6.07) is -0.130. The van der Waals surface area contributed by atoms with Gasteiger partial charge in [0.1, 0.15) is 18.1 Å². The Balaban J connectivity index is 1.53. The summed E-state index contributed by atoms with van der Waals surface area (Å²) in [5.74, 6) is -2.43. The van der Waals surface area contributed by atoms with E-state index >= 15 is 0 Å². The lowest BCUT2D eigenvalue weighted by Crippen LogP contribution is -2.64. The van der Waals surface area contributed by atoms with Gasteiger partial charge in [-0.2, -0.15) is 0 Å². The minimum Gasteiger partial charge on any atom is -0.494 e. The number of nitrogens with one attached hydrogen (secondary N) is 2. The van der Waals surface area contributed by atoms with Gasteiger partial charge >= 0.3 is 5.97 Å². The Morgan fingerprint density at radius 3 is 2.50 bits per heavy atom. The molecule has 2 N–H and O–H groups in total. The lowest BCUT2D eigenvalue weighted by Gasteiger charge is -2.43. The van der Waals surface area contributed by atoms with Crippen LogP contribution in [0.3, 0.4) is 0 Å². The molecule has 1 aromatic rings. The number of cyclic esters (lactones) is 1. The van der Waals surface area contributed by atoms with Crippen molar-refractivity contribution in [1.29, 1.82) is 0 Å². The molecule has 3 aliphatic heterocycles. The van der Waals surface area contributed by atoms with Crippen LogP contribution < -0.4 is 15.4 Å². The van der Waals surface area contributed by atoms with Crippen LogP contribution in [0.15, 0.2) is 12.1 Å². The van der Waals surface area contributed by atoms with E-state index in [1.165, 1.54) is 24.3 Å². The molecule has 0 aliphatic carbocycles. The van der Waals surface area contributed by atoms with Crippen molar-refractivity contribution >= 4 is 52.8 Å². The summed E-state index contributed by atoms with van der Waals surface area (Å²) in [5.41, 5.74) is 0.0989. The summed E-state index contributed by atoms with van der Waals surface area (Å²) in [7, 11) is 1.39. The van der Waals surface area contributed by atoms with E-state index in [0.29, 0.717) is 6.42 Å². The van der Waals surface area contributed by atoms with Crippen LogP contribution in [0.4, 0.5) is 0 Å². The van der Waals surface area contributed by atoms with Gasteiger partial charge in [0.25, 0.3) is 11.8 Å². The highest BCUT2D eigenvalue weighted by Gasteiger charge is 2.46. The predicted molar refractivity (Wildman–Crippen MR) is 133 cm³/mol. The molecule has 3 aliphatic rings. The number of nitrogens with zero attached hydrogens (tertiary/aromatic N) is 2. The first-order valence-electron chi connectivity index (χ1n) is 12.2. The van der Waals surface area contributed by atoms with Gasteiger partial charge < -0.3 is 24.8 Å². The third kappa shape index (κ3) is 5.67. The molecule has 1 aromatic carbocycles. The Kier molecular flexibility index (Phi) is 8.64. The van der Waals surface area contributed by atoms with E-state index in [1.807, 2.05) is 0 Å². The van der Waals surface area contributed by atoms with Gasteiger partial charge in [-0.25, -0.2) is 5.01 Å². The molecular weight excluding hydrogens is 543 g/mol. The highest BCUT2D eigenvalue weighted by molar-refractivity contribution is 6.37. The molecule has 3 saturated heterocycles. The maximum atomic E-state index is 13.7. The molecule has 0 bridgehead atoms. The zero-order valence-corrected chi connectivity index (χ0v) is 22.3. The number of benzene rings is 1. The summed E-state index contributed by atoms with van der Waals surface area (Å²) in [5, 5.41) is 8.01. The van der Waals surface area contributed by atoms with Crippen molar-refractivity contribution < 1.29 is 38.2 Å². The number of ether oxygens (including phenoxy) is 3. The van der Waals surface area contributed by atoms with E-state index in [-0.39, 0.29) is 66.1 Å². The first-order chi connectivity index (χ1) is 18.1. The first kappa shape index (κ1) is 27.9. The number of carbonyl (C=O) groups excluding carboxylic acids is 5. The standard InChI is InChI=1S/C24H28Cl2N4O8/c1-3-37-24-16(11-19(32)38-24)28-22(34)17-5-4-8-29-18(31)7-6-15(23(35)30(17)29)27-21(33)12-9-13(25)20(36-2)14(26)10-12/h9-10,15-17,24H,3-8,11H2,1-2H3,(H,27,33)(H,28,34)/t15-,16-,17-,24?/m0/s1. The molecule has 0 spiro atoms. The number of hydrogen-bond donors (Lipinski definition) is 2. The third-order valence-electron chi connectivity index (χ3n) is 6.56. The summed E-state index contributed by atoms with van der Waals surface area (Å²) in [6.07, 6.45) is -0.212. The van der Waals surface area contributed by atoms with Crippen molar-refractivity contribution in [3.8, 4) is 5.75 Å². The Bertz CT molecular complexity index is 1130. The molecule has 12 nitrogen and oxygen atoms in total. The van der Waals surface area contributed by atoms with E-state index in [2.05, 4.69) is 10.6 Å². The number of esters is 1. The number of carbonyl (C=O) groups is 5. The van der Waals surface area contributed by atoms with Crippen LogP contribution in [0, 0.1) is 0 Å². The molecule has 3 heterocycles. The Labute approximate surface area is 228 Å². The maximum Gasteiger partial charge on any atom is 0.310 e. The lowest BCUT2D eigenvalue weighted by atomic mass is 10.0. The minimum atomic E-state index is -1.09. The van der Waals surface area contributed by atoms with Crippen molar-refractivity contribution in [3.63, 3.8) is 0 Å². The second kappa shape index (κ2) is 11.7. The SMILES string of the molecule is CCOC1OC(=O)C[C@@H]1NC(=O)[C@@H]1CCCN2C(=O)CC[C@H](NC(=O)c3cc(Cl)c(OC)c(Cl)c3)C(=O)N12.